The zero-order chi connectivity index (χ0) is 21.8. The number of benzene rings is 2. The molecule has 0 spiro atoms. The van der Waals surface area contributed by atoms with Crippen molar-refractivity contribution in [2.75, 3.05) is 19.4 Å². The number of esters is 1. The minimum Gasteiger partial charge on any atom is -0.449 e. The van der Waals surface area contributed by atoms with Gasteiger partial charge in [-0.1, -0.05) is 18.2 Å². The molecule has 156 valence electrons. The van der Waals surface area contributed by atoms with Crippen molar-refractivity contribution in [1.29, 1.82) is 0 Å². The monoisotopic (exact) mass is 420 g/mol. The largest absolute Gasteiger partial charge is 0.449 e. The highest BCUT2D eigenvalue weighted by molar-refractivity contribution is 7.89. The van der Waals surface area contributed by atoms with Crippen LogP contribution in [0.2, 0.25) is 0 Å². The lowest BCUT2D eigenvalue weighted by atomic mass is 10.1. The molecule has 0 aliphatic heterocycles. The Hall–Kier alpha value is -2.75. The van der Waals surface area contributed by atoms with Gasteiger partial charge in [-0.15, -0.1) is 0 Å². The summed E-state index contributed by atoms with van der Waals surface area (Å²) < 4.78 is 30.8. The number of aliphatic hydroxyl groups is 1. The molecule has 0 fully saturated rings. The molecule has 0 saturated carbocycles. The molecular weight excluding hydrogens is 396 g/mol. The van der Waals surface area contributed by atoms with Gasteiger partial charge in [0.05, 0.1) is 17.1 Å². The molecule has 2 aromatic rings. The quantitative estimate of drug-likeness (QED) is 0.662. The Labute approximate surface area is 170 Å². The molecule has 9 heteroatoms. The van der Waals surface area contributed by atoms with Crippen molar-refractivity contribution in [3.63, 3.8) is 0 Å². The highest BCUT2D eigenvalue weighted by Gasteiger charge is 2.22. The Morgan fingerprint density at radius 1 is 1.14 bits per heavy atom. The van der Waals surface area contributed by atoms with Gasteiger partial charge < -0.3 is 15.2 Å². The molecule has 0 radical (unpaired) electrons. The van der Waals surface area contributed by atoms with Crippen LogP contribution in [0.3, 0.4) is 0 Å². The molecule has 0 unspecified atom stereocenters. The number of nitrogens with zero attached hydrogens (tertiary/aromatic N) is 1. The van der Waals surface area contributed by atoms with Gasteiger partial charge in [-0.2, -0.15) is 0 Å². The van der Waals surface area contributed by atoms with E-state index in [1.807, 2.05) is 0 Å². The Kier molecular flexibility index (Phi) is 7.12. The number of carbonyl (C=O) groups excluding carboxylic acids is 2. The van der Waals surface area contributed by atoms with Crippen molar-refractivity contribution >= 4 is 27.6 Å². The van der Waals surface area contributed by atoms with Gasteiger partial charge in [-0.25, -0.2) is 17.5 Å². The average molecular weight is 420 g/mol. The number of hydrogen-bond acceptors (Lipinski definition) is 6. The molecule has 0 heterocycles. The zero-order valence-corrected chi connectivity index (χ0v) is 17.5. The zero-order valence-electron chi connectivity index (χ0n) is 16.7. The van der Waals surface area contributed by atoms with Gasteiger partial charge >= 0.3 is 5.97 Å². The number of aryl methyl sites for hydroxylation is 1. The predicted molar refractivity (Wildman–Crippen MR) is 108 cm³/mol. The Morgan fingerprint density at radius 3 is 2.31 bits per heavy atom. The lowest BCUT2D eigenvalue weighted by molar-refractivity contribution is -0.123. The fourth-order valence-corrected chi connectivity index (χ4v) is 3.30. The Bertz CT molecular complexity index is 1000. The average Bonchev–Trinajstić information content (AvgIpc) is 2.69. The molecule has 1 atom stereocenters. The van der Waals surface area contributed by atoms with Crippen molar-refractivity contribution in [3.8, 4) is 0 Å². The van der Waals surface area contributed by atoms with E-state index in [1.165, 1.54) is 45.3 Å². The van der Waals surface area contributed by atoms with Gasteiger partial charge in [0.1, 0.15) is 0 Å². The molecule has 2 N–H and O–H groups in total. The van der Waals surface area contributed by atoms with Crippen LogP contribution in [0.15, 0.2) is 47.4 Å². The second kappa shape index (κ2) is 9.17. The number of sulfonamides is 1. The molecule has 2 rings (SSSR count). The first-order valence-electron chi connectivity index (χ1n) is 8.81. The van der Waals surface area contributed by atoms with E-state index in [-0.39, 0.29) is 17.1 Å². The summed E-state index contributed by atoms with van der Waals surface area (Å²) in [6.45, 7) is 3.00. The molecule has 8 nitrogen and oxygen atoms in total. The van der Waals surface area contributed by atoms with Crippen molar-refractivity contribution in [2.45, 2.75) is 31.5 Å². The van der Waals surface area contributed by atoms with Crippen molar-refractivity contribution in [3.05, 3.63) is 59.2 Å². The predicted octanol–water partition coefficient (Wildman–Crippen LogP) is 1.92. The third-order valence-electron chi connectivity index (χ3n) is 4.27. The van der Waals surface area contributed by atoms with E-state index in [1.54, 1.807) is 25.1 Å². The molecule has 0 bridgehead atoms. The number of carbonyl (C=O) groups is 2. The van der Waals surface area contributed by atoms with E-state index in [2.05, 4.69) is 5.32 Å². The fourth-order valence-electron chi connectivity index (χ4n) is 2.37. The smallest absolute Gasteiger partial charge is 0.338 e. The molecular formula is C20H24N2O6S. The van der Waals surface area contributed by atoms with Crippen LogP contribution >= 0.6 is 0 Å². The fraction of sp³-hybridized carbons (Fsp3) is 0.300. The third kappa shape index (κ3) is 5.41. The van der Waals surface area contributed by atoms with Gasteiger partial charge in [-0.3, -0.25) is 4.79 Å². The SMILES string of the molecule is Cc1ccc(S(=O)(=O)N(C)C)cc1NC(=O)[C@@H](C)OC(=O)c1ccc(CO)cc1. The first-order chi connectivity index (χ1) is 13.6. The van der Waals surface area contributed by atoms with Gasteiger partial charge in [0.2, 0.25) is 10.0 Å². The summed E-state index contributed by atoms with van der Waals surface area (Å²) in [6.07, 6.45) is -1.10. The summed E-state index contributed by atoms with van der Waals surface area (Å²) in [5.74, 6) is -1.27. The van der Waals surface area contributed by atoms with Gasteiger partial charge in [0.25, 0.3) is 5.91 Å². The number of rotatable bonds is 7. The maximum absolute atomic E-state index is 12.4. The number of anilines is 1. The van der Waals surface area contributed by atoms with Crippen molar-refractivity contribution in [2.24, 2.45) is 0 Å². The maximum Gasteiger partial charge on any atom is 0.338 e. The van der Waals surface area contributed by atoms with E-state index in [0.717, 1.165) is 4.31 Å². The van der Waals surface area contributed by atoms with Crippen molar-refractivity contribution < 1.29 is 27.9 Å². The van der Waals surface area contributed by atoms with Crippen LogP contribution in [0.1, 0.15) is 28.4 Å². The van der Waals surface area contributed by atoms with E-state index < -0.39 is 28.0 Å². The van der Waals surface area contributed by atoms with Crippen molar-refractivity contribution in [1.82, 2.24) is 4.31 Å². The molecule has 2 aromatic carbocycles. The minimum atomic E-state index is -3.65. The lowest BCUT2D eigenvalue weighted by Gasteiger charge is -2.17. The van der Waals surface area contributed by atoms with E-state index in [9.17, 15) is 18.0 Å². The van der Waals surface area contributed by atoms with Crippen LogP contribution < -0.4 is 5.32 Å². The third-order valence-corrected chi connectivity index (χ3v) is 6.08. The number of ether oxygens (including phenoxy) is 1. The van der Waals surface area contributed by atoms with Crippen LogP contribution in [0.5, 0.6) is 0 Å². The summed E-state index contributed by atoms with van der Waals surface area (Å²) in [5, 5.41) is 11.6. The van der Waals surface area contributed by atoms with E-state index in [0.29, 0.717) is 16.8 Å². The lowest BCUT2D eigenvalue weighted by Crippen LogP contribution is -2.30. The second-order valence-corrected chi connectivity index (χ2v) is 8.81. The highest BCUT2D eigenvalue weighted by Crippen LogP contribution is 2.22. The summed E-state index contributed by atoms with van der Waals surface area (Å²) in [7, 11) is -0.817. The molecule has 0 aliphatic carbocycles. The first kappa shape index (κ1) is 22.5. The molecule has 0 saturated heterocycles. The maximum atomic E-state index is 12.4. The van der Waals surface area contributed by atoms with Crippen LogP contribution in [-0.2, 0) is 26.2 Å². The van der Waals surface area contributed by atoms with Crippen LogP contribution in [0.4, 0.5) is 5.69 Å². The second-order valence-electron chi connectivity index (χ2n) is 6.66. The summed E-state index contributed by atoms with van der Waals surface area (Å²) >= 11 is 0. The minimum absolute atomic E-state index is 0.0389. The normalized spacial score (nSPS) is 12.5. The van der Waals surface area contributed by atoms with Crippen LogP contribution in [0, 0.1) is 6.92 Å². The Balaban J connectivity index is 2.11. The van der Waals surface area contributed by atoms with Gasteiger partial charge in [-0.05, 0) is 49.2 Å². The Morgan fingerprint density at radius 2 is 1.76 bits per heavy atom. The van der Waals surface area contributed by atoms with Crippen LogP contribution in [-0.4, -0.2) is 49.9 Å². The van der Waals surface area contributed by atoms with E-state index in [4.69, 9.17) is 9.84 Å². The first-order valence-corrected chi connectivity index (χ1v) is 10.2. The van der Waals surface area contributed by atoms with E-state index >= 15 is 0 Å². The van der Waals surface area contributed by atoms with Gasteiger partial charge in [0, 0.05) is 19.8 Å². The molecule has 1 amide bonds. The number of hydrogen-bond donors (Lipinski definition) is 2. The van der Waals surface area contributed by atoms with Gasteiger partial charge in [0.15, 0.2) is 6.10 Å². The topological polar surface area (TPSA) is 113 Å². The highest BCUT2D eigenvalue weighted by atomic mass is 32.2. The summed E-state index contributed by atoms with van der Waals surface area (Å²) in [5.41, 5.74) is 1.87. The standard InChI is InChI=1S/C20H24N2O6S/c1-13-5-10-17(29(26,27)22(3)4)11-18(13)21-19(24)14(2)28-20(25)16-8-6-15(12-23)7-9-16/h5-11,14,23H,12H2,1-4H3,(H,21,24)/t14-/m1/s1. The number of aliphatic hydroxyl groups excluding tert-OH is 1. The number of nitrogens with one attached hydrogen (secondary N) is 1. The van der Waals surface area contributed by atoms with Crippen LogP contribution in [0.25, 0.3) is 0 Å². The summed E-state index contributed by atoms with van der Waals surface area (Å²) in [4.78, 5) is 24.7. The molecule has 0 aromatic heterocycles. The molecule has 0 aliphatic rings. The summed E-state index contributed by atoms with van der Waals surface area (Å²) in [6, 6.07) is 10.6. The number of amides is 1. The molecule has 29 heavy (non-hydrogen) atoms.